The fraction of sp³-hybridized carbons (Fsp3) is 0.417. The van der Waals surface area contributed by atoms with Gasteiger partial charge in [-0.15, -0.1) is 0 Å². The summed E-state index contributed by atoms with van der Waals surface area (Å²) in [5.41, 5.74) is 1.39. The van der Waals surface area contributed by atoms with E-state index in [1.807, 2.05) is 6.92 Å². The minimum absolute atomic E-state index is 0.0101. The molecule has 0 fully saturated rings. The molecule has 0 bridgehead atoms. The second-order valence-electron chi connectivity index (χ2n) is 4.40. The molecule has 0 spiro atoms. The molecule has 0 aliphatic heterocycles. The van der Waals surface area contributed by atoms with Crippen molar-refractivity contribution in [3.63, 3.8) is 0 Å². The van der Waals surface area contributed by atoms with Gasteiger partial charge in [0, 0.05) is 18.7 Å². The summed E-state index contributed by atoms with van der Waals surface area (Å²) in [6.07, 6.45) is 2.53. The van der Waals surface area contributed by atoms with Gasteiger partial charge in [-0.2, -0.15) is 0 Å². The molecular weight excluding hydrogens is 294 g/mol. The lowest BCUT2D eigenvalue weighted by Gasteiger charge is -2.07. The van der Waals surface area contributed by atoms with Crippen LogP contribution in [0.2, 0.25) is 0 Å². The molecule has 0 aliphatic rings. The van der Waals surface area contributed by atoms with E-state index < -0.39 is 10.0 Å². The van der Waals surface area contributed by atoms with Gasteiger partial charge in [0.15, 0.2) is 0 Å². The summed E-state index contributed by atoms with van der Waals surface area (Å²) < 4.78 is 31.8. The molecule has 9 heteroatoms. The quantitative estimate of drug-likeness (QED) is 0.818. The van der Waals surface area contributed by atoms with Gasteiger partial charge in [-0.05, 0) is 20.8 Å². The number of aromatic nitrogens is 3. The molecule has 2 rings (SSSR count). The van der Waals surface area contributed by atoms with E-state index in [9.17, 15) is 8.42 Å². The van der Waals surface area contributed by atoms with Crippen molar-refractivity contribution in [2.75, 3.05) is 11.9 Å². The number of nitrogens with one attached hydrogen (secondary N) is 2. The van der Waals surface area contributed by atoms with Crippen LogP contribution in [0.5, 0.6) is 0 Å². The lowest BCUT2D eigenvalue weighted by Crippen LogP contribution is -2.24. The third kappa shape index (κ3) is 3.56. The first kappa shape index (κ1) is 15.4. The van der Waals surface area contributed by atoms with Crippen molar-refractivity contribution < 1.29 is 12.9 Å². The Bertz CT molecular complexity index is 689. The zero-order valence-electron chi connectivity index (χ0n) is 12.0. The van der Waals surface area contributed by atoms with Crippen LogP contribution >= 0.6 is 0 Å². The Morgan fingerprint density at radius 1 is 1.24 bits per heavy atom. The molecule has 0 saturated heterocycles. The molecule has 8 nitrogen and oxygen atoms in total. The molecule has 0 unspecified atom stereocenters. The molecule has 2 aromatic heterocycles. The van der Waals surface area contributed by atoms with E-state index in [0.29, 0.717) is 23.9 Å². The third-order valence-electron chi connectivity index (χ3n) is 2.89. The Morgan fingerprint density at radius 3 is 2.43 bits per heavy atom. The van der Waals surface area contributed by atoms with Crippen molar-refractivity contribution in [3.8, 4) is 0 Å². The highest BCUT2D eigenvalue weighted by Crippen LogP contribution is 2.14. The molecule has 0 atom stereocenters. The van der Waals surface area contributed by atoms with Crippen LogP contribution < -0.4 is 10.0 Å². The van der Waals surface area contributed by atoms with Crippen LogP contribution in [0, 0.1) is 13.8 Å². The highest BCUT2D eigenvalue weighted by atomic mass is 32.2. The standard InChI is InChI=1S/C12H17N5O3S/c1-4-13-12-14-5-10(6-15-12)21(18,19)16-7-11-8(2)17-20-9(11)3/h5-6,16H,4,7H2,1-3H3,(H,13,14,15). The molecule has 0 saturated carbocycles. The van der Waals surface area contributed by atoms with E-state index in [1.165, 1.54) is 12.4 Å². The molecule has 114 valence electrons. The van der Waals surface area contributed by atoms with Crippen molar-refractivity contribution in [3.05, 3.63) is 29.4 Å². The molecule has 2 N–H and O–H groups in total. The lowest BCUT2D eigenvalue weighted by atomic mass is 10.2. The zero-order valence-corrected chi connectivity index (χ0v) is 12.9. The van der Waals surface area contributed by atoms with Gasteiger partial charge in [-0.3, -0.25) is 0 Å². The van der Waals surface area contributed by atoms with Gasteiger partial charge in [0.05, 0.1) is 18.1 Å². The van der Waals surface area contributed by atoms with Crippen LogP contribution in [0.4, 0.5) is 5.95 Å². The maximum Gasteiger partial charge on any atom is 0.243 e. The van der Waals surface area contributed by atoms with Gasteiger partial charge < -0.3 is 9.84 Å². The minimum atomic E-state index is -3.67. The second-order valence-corrected chi connectivity index (χ2v) is 6.17. The van der Waals surface area contributed by atoms with Gasteiger partial charge in [0.1, 0.15) is 10.7 Å². The summed E-state index contributed by atoms with van der Waals surface area (Å²) in [7, 11) is -3.67. The maximum atomic E-state index is 12.2. The van der Waals surface area contributed by atoms with Crippen molar-refractivity contribution >= 4 is 16.0 Å². The minimum Gasteiger partial charge on any atom is -0.361 e. The Labute approximate surface area is 123 Å². The van der Waals surface area contributed by atoms with Crippen molar-refractivity contribution in [2.24, 2.45) is 0 Å². The van der Waals surface area contributed by atoms with Gasteiger partial charge in [0.2, 0.25) is 16.0 Å². The fourth-order valence-corrected chi connectivity index (χ4v) is 2.59. The molecule has 21 heavy (non-hydrogen) atoms. The van der Waals surface area contributed by atoms with Gasteiger partial charge in [0.25, 0.3) is 0 Å². The molecule has 0 radical (unpaired) electrons. The van der Waals surface area contributed by atoms with E-state index in [4.69, 9.17) is 4.52 Å². The number of hydrogen-bond acceptors (Lipinski definition) is 7. The molecular formula is C12H17N5O3S. The smallest absolute Gasteiger partial charge is 0.243 e. The monoisotopic (exact) mass is 311 g/mol. The number of aryl methyl sites for hydroxylation is 2. The van der Waals surface area contributed by atoms with Gasteiger partial charge in [-0.1, -0.05) is 5.16 Å². The van der Waals surface area contributed by atoms with E-state index >= 15 is 0 Å². The molecule has 2 heterocycles. The van der Waals surface area contributed by atoms with Crippen LogP contribution in [0.25, 0.3) is 0 Å². The Hall–Kier alpha value is -2.00. The van der Waals surface area contributed by atoms with Crippen LogP contribution in [-0.2, 0) is 16.6 Å². The lowest BCUT2D eigenvalue weighted by molar-refractivity contribution is 0.392. The SMILES string of the molecule is CCNc1ncc(S(=O)(=O)NCc2c(C)noc2C)cn1. The fourth-order valence-electron chi connectivity index (χ4n) is 1.71. The Balaban J connectivity index is 2.11. The summed E-state index contributed by atoms with van der Waals surface area (Å²) in [6, 6.07) is 0. The van der Waals surface area contributed by atoms with Crippen LogP contribution in [-0.4, -0.2) is 30.1 Å². The zero-order chi connectivity index (χ0) is 15.5. The molecule has 0 aliphatic carbocycles. The van der Waals surface area contributed by atoms with Crippen LogP contribution in [0.3, 0.4) is 0 Å². The maximum absolute atomic E-state index is 12.2. The van der Waals surface area contributed by atoms with E-state index in [1.54, 1.807) is 13.8 Å². The average Bonchev–Trinajstić information content (AvgIpc) is 2.77. The van der Waals surface area contributed by atoms with E-state index in [-0.39, 0.29) is 11.4 Å². The summed E-state index contributed by atoms with van der Waals surface area (Å²) in [5, 5.41) is 6.68. The Kier molecular flexibility index (Phi) is 4.53. The van der Waals surface area contributed by atoms with E-state index in [0.717, 1.165) is 5.56 Å². The second kappa shape index (κ2) is 6.19. The summed E-state index contributed by atoms with van der Waals surface area (Å²) in [4.78, 5) is 7.90. The highest BCUT2D eigenvalue weighted by molar-refractivity contribution is 7.89. The largest absolute Gasteiger partial charge is 0.361 e. The number of hydrogen-bond donors (Lipinski definition) is 2. The first-order chi connectivity index (χ1) is 9.94. The van der Waals surface area contributed by atoms with E-state index in [2.05, 4.69) is 25.2 Å². The normalized spacial score (nSPS) is 11.6. The third-order valence-corrected chi connectivity index (χ3v) is 4.25. The Morgan fingerprint density at radius 2 is 1.90 bits per heavy atom. The van der Waals surface area contributed by atoms with Crippen molar-refractivity contribution in [1.29, 1.82) is 0 Å². The van der Waals surface area contributed by atoms with Gasteiger partial charge >= 0.3 is 0 Å². The predicted molar refractivity (Wildman–Crippen MR) is 76.2 cm³/mol. The first-order valence-corrected chi connectivity index (χ1v) is 7.89. The molecule has 0 aromatic carbocycles. The van der Waals surface area contributed by atoms with Crippen molar-refractivity contribution in [2.45, 2.75) is 32.2 Å². The topological polar surface area (TPSA) is 110 Å². The molecule has 2 aromatic rings. The summed E-state index contributed by atoms with van der Waals surface area (Å²) in [6.45, 7) is 6.17. The summed E-state index contributed by atoms with van der Waals surface area (Å²) >= 11 is 0. The van der Waals surface area contributed by atoms with Gasteiger partial charge in [-0.25, -0.2) is 23.1 Å². The predicted octanol–water partition coefficient (Wildman–Crippen LogP) is 0.992. The van der Waals surface area contributed by atoms with Crippen LogP contribution in [0.15, 0.2) is 21.8 Å². The number of anilines is 1. The summed E-state index contributed by atoms with van der Waals surface area (Å²) in [5.74, 6) is 0.983. The number of sulfonamides is 1. The number of nitrogens with zero attached hydrogens (tertiary/aromatic N) is 3. The first-order valence-electron chi connectivity index (χ1n) is 6.41. The van der Waals surface area contributed by atoms with Crippen molar-refractivity contribution in [1.82, 2.24) is 19.8 Å². The number of rotatable bonds is 6. The molecule has 0 amide bonds. The highest BCUT2D eigenvalue weighted by Gasteiger charge is 2.17. The average molecular weight is 311 g/mol. The van der Waals surface area contributed by atoms with Crippen LogP contribution in [0.1, 0.15) is 23.9 Å².